The van der Waals surface area contributed by atoms with Gasteiger partial charge in [-0.1, -0.05) is 32.0 Å². The monoisotopic (exact) mass is 231 g/mol. The van der Waals surface area contributed by atoms with E-state index in [1.54, 1.807) is 0 Å². The molecule has 0 saturated heterocycles. The molecule has 1 atom stereocenters. The van der Waals surface area contributed by atoms with Crippen LogP contribution in [0.4, 0.5) is 0 Å². The molecule has 2 heteroatoms. The molecule has 1 N–H and O–H groups in total. The Kier molecular flexibility index (Phi) is 3.51. The Bertz CT molecular complexity index is 423. The van der Waals surface area contributed by atoms with E-state index in [2.05, 4.69) is 30.4 Å². The summed E-state index contributed by atoms with van der Waals surface area (Å²) in [5.74, 6) is 0.217. The van der Waals surface area contributed by atoms with E-state index in [1.165, 1.54) is 23.1 Å². The molecule has 1 aliphatic carbocycles. The third-order valence-corrected chi connectivity index (χ3v) is 3.58. The van der Waals surface area contributed by atoms with E-state index >= 15 is 0 Å². The van der Waals surface area contributed by atoms with Crippen molar-refractivity contribution in [3.63, 3.8) is 0 Å². The molecule has 1 amide bonds. The van der Waals surface area contributed by atoms with Crippen LogP contribution in [0.15, 0.2) is 18.2 Å². The summed E-state index contributed by atoms with van der Waals surface area (Å²) in [6.07, 6.45) is 3.38. The first-order valence-electron chi connectivity index (χ1n) is 6.48. The lowest BCUT2D eigenvalue weighted by Gasteiger charge is -2.28. The van der Waals surface area contributed by atoms with E-state index in [0.717, 1.165) is 12.8 Å². The van der Waals surface area contributed by atoms with Crippen LogP contribution >= 0.6 is 0 Å². The zero-order chi connectivity index (χ0) is 12.4. The lowest BCUT2D eigenvalue weighted by atomic mass is 9.85. The molecular formula is C15H21NO. The van der Waals surface area contributed by atoms with E-state index in [1.807, 2.05) is 13.8 Å². The number of fused-ring (bicyclic) bond motifs is 1. The van der Waals surface area contributed by atoms with Crippen molar-refractivity contribution < 1.29 is 4.79 Å². The second-order valence-corrected chi connectivity index (χ2v) is 5.25. The van der Waals surface area contributed by atoms with Gasteiger partial charge in [-0.2, -0.15) is 0 Å². The molecule has 1 aromatic carbocycles. The standard InChI is InChI=1S/C15H21NO/c1-10(2)15(17)16-14-9-5-7-12-11(3)6-4-8-13(12)14/h4,6,8,10,14H,5,7,9H2,1-3H3,(H,16,17). The van der Waals surface area contributed by atoms with Gasteiger partial charge in [-0.15, -0.1) is 0 Å². The minimum atomic E-state index is 0.0604. The Morgan fingerprint density at radius 3 is 2.88 bits per heavy atom. The topological polar surface area (TPSA) is 29.1 Å². The highest BCUT2D eigenvalue weighted by Crippen LogP contribution is 2.31. The van der Waals surface area contributed by atoms with Gasteiger partial charge < -0.3 is 5.32 Å². The fourth-order valence-electron chi connectivity index (χ4n) is 2.52. The van der Waals surface area contributed by atoms with Crippen molar-refractivity contribution in [2.45, 2.75) is 46.1 Å². The lowest BCUT2D eigenvalue weighted by molar-refractivity contribution is -0.124. The van der Waals surface area contributed by atoms with Gasteiger partial charge in [0, 0.05) is 5.92 Å². The number of nitrogens with one attached hydrogen (secondary N) is 1. The largest absolute Gasteiger partial charge is 0.349 e. The Balaban J connectivity index is 2.23. The van der Waals surface area contributed by atoms with Gasteiger partial charge in [0.2, 0.25) is 5.91 Å². The quantitative estimate of drug-likeness (QED) is 0.832. The van der Waals surface area contributed by atoms with Gasteiger partial charge in [-0.3, -0.25) is 4.79 Å². The maximum atomic E-state index is 11.8. The zero-order valence-electron chi connectivity index (χ0n) is 10.9. The summed E-state index contributed by atoms with van der Waals surface area (Å²) < 4.78 is 0. The highest BCUT2D eigenvalue weighted by atomic mass is 16.1. The minimum Gasteiger partial charge on any atom is -0.349 e. The number of rotatable bonds is 2. The van der Waals surface area contributed by atoms with Crippen LogP contribution in [0.2, 0.25) is 0 Å². The van der Waals surface area contributed by atoms with Gasteiger partial charge >= 0.3 is 0 Å². The minimum absolute atomic E-state index is 0.0604. The third-order valence-electron chi connectivity index (χ3n) is 3.58. The number of carbonyl (C=O) groups is 1. The predicted molar refractivity (Wildman–Crippen MR) is 69.8 cm³/mol. The third kappa shape index (κ3) is 2.51. The summed E-state index contributed by atoms with van der Waals surface area (Å²) in [7, 11) is 0. The summed E-state index contributed by atoms with van der Waals surface area (Å²) in [6, 6.07) is 6.63. The molecule has 0 aliphatic heterocycles. The molecule has 92 valence electrons. The predicted octanol–water partition coefficient (Wildman–Crippen LogP) is 3.14. The van der Waals surface area contributed by atoms with Crippen LogP contribution in [0, 0.1) is 12.8 Å². The van der Waals surface area contributed by atoms with E-state index in [-0.39, 0.29) is 17.9 Å². The van der Waals surface area contributed by atoms with Crippen molar-refractivity contribution >= 4 is 5.91 Å². The summed E-state index contributed by atoms with van der Waals surface area (Å²) in [5.41, 5.74) is 4.11. The molecule has 0 radical (unpaired) electrons. The average molecular weight is 231 g/mol. The summed E-state index contributed by atoms with van der Waals surface area (Å²) in [6.45, 7) is 6.04. The highest BCUT2D eigenvalue weighted by molar-refractivity contribution is 5.78. The summed E-state index contributed by atoms with van der Waals surface area (Å²) in [4.78, 5) is 11.8. The number of carbonyl (C=O) groups excluding carboxylic acids is 1. The van der Waals surface area contributed by atoms with Crippen molar-refractivity contribution in [2.24, 2.45) is 5.92 Å². The summed E-state index contributed by atoms with van der Waals surface area (Å²) >= 11 is 0. The van der Waals surface area contributed by atoms with Crippen LogP contribution in [0.25, 0.3) is 0 Å². The van der Waals surface area contributed by atoms with Crippen molar-refractivity contribution in [1.29, 1.82) is 0 Å². The number of benzene rings is 1. The molecule has 2 rings (SSSR count). The second kappa shape index (κ2) is 4.91. The molecule has 0 fully saturated rings. The van der Waals surface area contributed by atoms with Gasteiger partial charge in [-0.25, -0.2) is 0 Å². The number of hydrogen-bond donors (Lipinski definition) is 1. The van der Waals surface area contributed by atoms with Crippen LogP contribution in [-0.2, 0) is 11.2 Å². The van der Waals surface area contributed by atoms with Crippen LogP contribution in [0.1, 0.15) is 49.4 Å². The van der Waals surface area contributed by atoms with Crippen molar-refractivity contribution in [3.8, 4) is 0 Å². The molecule has 0 spiro atoms. The highest BCUT2D eigenvalue weighted by Gasteiger charge is 2.23. The van der Waals surface area contributed by atoms with Crippen molar-refractivity contribution in [3.05, 3.63) is 34.9 Å². The first kappa shape index (κ1) is 12.2. The second-order valence-electron chi connectivity index (χ2n) is 5.25. The van der Waals surface area contributed by atoms with Gasteiger partial charge in [-0.05, 0) is 42.9 Å². The Morgan fingerprint density at radius 1 is 1.41 bits per heavy atom. The zero-order valence-corrected chi connectivity index (χ0v) is 10.9. The van der Waals surface area contributed by atoms with Gasteiger partial charge in [0.05, 0.1) is 6.04 Å². The van der Waals surface area contributed by atoms with E-state index < -0.39 is 0 Å². The normalized spacial score (nSPS) is 18.9. The smallest absolute Gasteiger partial charge is 0.223 e. The van der Waals surface area contributed by atoms with Crippen LogP contribution in [0.3, 0.4) is 0 Å². The van der Waals surface area contributed by atoms with E-state index in [4.69, 9.17) is 0 Å². The Hall–Kier alpha value is -1.31. The van der Waals surface area contributed by atoms with Gasteiger partial charge in [0.15, 0.2) is 0 Å². The molecule has 0 heterocycles. The van der Waals surface area contributed by atoms with Crippen LogP contribution in [-0.4, -0.2) is 5.91 Å². The number of aryl methyl sites for hydroxylation is 1. The fraction of sp³-hybridized carbons (Fsp3) is 0.533. The fourth-order valence-corrected chi connectivity index (χ4v) is 2.52. The summed E-state index contributed by atoms with van der Waals surface area (Å²) in [5, 5.41) is 3.16. The van der Waals surface area contributed by atoms with E-state index in [0.29, 0.717) is 0 Å². The molecule has 17 heavy (non-hydrogen) atoms. The number of hydrogen-bond acceptors (Lipinski definition) is 1. The Morgan fingerprint density at radius 2 is 2.18 bits per heavy atom. The van der Waals surface area contributed by atoms with E-state index in [9.17, 15) is 4.79 Å². The van der Waals surface area contributed by atoms with Gasteiger partial charge in [0.1, 0.15) is 0 Å². The van der Waals surface area contributed by atoms with Crippen molar-refractivity contribution in [2.75, 3.05) is 0 Å². The maximum Gasteiger partial charge on any atom is 0.223 e. The first-order chi connectivity index (χ1) is 8.09. The van der Waals surface area contributed by atoms with Crippen molar-refractivity contribution in [1.82, 2.24) is 5.32 Å². The first-order valence-corrected chi connectivity index (χ1v) is 6.48. The SMILES string of the molecule is Cc1cccc2c1CCCC2NC(=O)C(C)C. The molecule has 2 nitrogen and oxygen atoms in total. The molecule has 0 bridgehead atoms. The molecule has 0 aromatic heterocycles. The molecule has 0 saturated carbocycles. The molecule has 1 aromatic rings. The number of amides is 1. The Labute approximate surface area is 103 Å². The van der Waals surface area contributed by atoms with Crippen LogP contribution in [0.5, 0.6) is 0 Å². The molecule has 1 unspecified atom stereocenters. The molecular weight excluding hydrogens is 210 g/mol. The molecule has 1 aliphatic rings. The van der Waals surface area contributed by atoms with Gasteiger partial charge in [0.25, 0.3) is 0 Å². The maximum absolute atomic E-state index is 11.8. The lowest BCUT2D eigenvalue weighted by Crippen LogP contribution is -2.33. The average Bonchev–Trinajstić information content (AvgIpc) is 2.30. The van der Waals surface area contributed by atoms with Crippen LogP contribution < -0.4 is 5.32 Å².